The summed E-state index contributed by atoms with van der Waals surface area (Å²) in [5, 5.41) is 3.36. The van der Waals surface area contributed by atoms with Crippen LogP contribution >= 0.6 is 0 Å². The van der Waals surface area contributed by atoms with Gasteiger partial charge in [-0.1, -0.05) is 12.1 Å². The third-order valence-electron chi connectivity index (χ3n) is 4.63. The second kappa shape index (κ2) is 6.72. The van der Waals surface area contributed by atoms with Gasteiger partial charge in [0.25, 0.3) is 0 Å². The Bertz CT molecular complexity index is 606. The summed E-state index contributed by atoms with van der Waals surface area (Å²) < 4.78 is 11.2. The van der Waals surface area contributed by atoms with Gasteiger partial charge in [0, 0.05) is 25.7 Å². The Morgan fingerprint density at radius 2 is 2.35 bits per heavy atom. The largest absolute Gasteiger partial charge is 0.497 e. The zero-order chi connectivity index (χ0) is 16.3. The van der Waals surface area contributed by atoms with Crippen molar-refractivity contribution in [1.82, 2.24) is 10.2 Å². The first-order valence-electron chi connectivity index (χ1n) is 8.08. The summed E-state index contributed by atoms with van der Waals surface area (Å²) in [5.74, 6) is 0.848. The number of rotatable bonds is 3. The number of hydrogen-bond acceptors (Lipinski definition) is 4. The number of carbonyl (C=O) groups is 1. The number of hydrogen-bond donors (Lipinski definition) is 1. The molecule has 1 aromatic carbocycles. The highest BCUT2D eigenvalue weighted by Gasteiger charge is 2.41. The maximum atomic E-state index is 12.6. The van der Waals surface area contributed by atoms with Crippen molar-refractivity contribution >= 4 is 11.5 Å². The molecular weight excluding hydrogens is 292 g/mol. The fourth-order valence-electron chi connectivity index (χ4n) is 3.23. The number of methoxy groups -OCH3 is 1. The molecule has 1 aromatic rings. The molecule has 0 radical (unpaired) electrons. The molecule has 1 amide bonds. The van der Waals surface area contributed by atoms with Crippen molar-refractivity contribution in [3.8, 4) is 5.75 Å². The lowest BCUT2D eigenvalue weighted by Crippen LogP contribution is -2.51. The zero-order valence-electron chi connectivity index (χ0n) is 13.8. The molecule has 1 unspecified atom stereocenters. The van der Waals surface area contributed by atoms with Crippen LogP contribution < -0.4 is 10.1 Å². The molecule has 0 bridgehead atoms. The quantitative estimate of drug-likeness (QED) is 0.862. The molecule has 2 fully saturated rings. The molecule has 2 saturated heterocycles. The second-order valence-electron chi connectivity index (χ2n) is 6.28. The van der Waals surface area contributed by atoms with E-state index in [-0.39, 0.29) is 11.5 Å². The SMILES string of the molecule is COc1cccc(C(C)=CC(=O)N2CCC3(CNCCO3)C2)c1. The van der Waals surface area contributed by atoms with E-state index in [0.717, 1.165) is 49.5 Å². The molecule has 2 aliphatic heterocycles. The molecule has 0 aromatic heterocycles. The van der Waals surface area contributed by atoms with Crippen molar-refractivity contribution in [2.45, 2.75) is 18.9 Å². The molecule has 124 valence electrons. The summed E-state index contributed by atoms with van der Waals surface area (Å²) >= 11 is 0. The van der Waals surface area contributed by atoms with Crippen LogP contribution in [-0.2, 0) is 9.53 Å². The molecule has 2 heterocycles. The maximum Gasteiger partial charge on any atom is 0.246 e. The van der Waals surface area contributed by atoms with Crippen LogP contribution in [0, 0.1) is 0 Å². The predicted molar refractivity (Wildman–Crippen MR) is 89.4 cm³/mol. The van der Waals surface area contributed by atoms with Crippen LogP contribution in [0.25, 0.3) is 5.57 Å². The van der Waals surface area contributed by atoms with E-state index in [9.17, 15) is 4.79 Å². The average Bonchev–Trinajstić information content (AvgIpc) is 2.99. The molecule has 0 aliphatic carbocycles. The number of nitrogens with one attached hydrogen (secondary N) is 1. The summed E-state index contributed by atoms with van der Waals surface area (Å²) in [7, 11) is 1.64. The van der Waals surface area contributed by atoms with E-state index >= 15 is 0 Å². The lowest BCUT2D eigenvalue weighted by atomic mass is 10.0. The smallest absolute Gasteiger partial charge is 0.246 e. The number of ether oxygens (including phenoxy) is 2. The highest BCUT2D eigenvalue weighted by molar-refractivity contribution is 5.95. The number of morpholine rings is 1. The normalized spacial score (nSPS) is 25.0. The second-order valence-corrected chi connectivity index (χ2v) is 6.28. The lowest BCUT2D eigenvalue weighted by Gasteiger charge is -2.33. The number of amides is 1. The standard InChI is InChI=1S/C18H24N2O3/c1-14(15-4-3-5-16(11-15)22-2)10-17(21)20-8-6-18(13-20)12-19-7-9-23-18/h3-5,10-11,19H,6-9,12-13H2,1-2H3. The Labute approximate surface area is 137 Å². The van der Waals surface area contributed by atoms with Crippen molar-refractivity contribution in [1.29, 1.82) is 0 Å². The Kier molecular flexibility index (Phi) is 4.68. The first kappa shape index (κ1) is 16.0. The highest BCUT2D eigenvalue weighted by atomic mass is 16.5. The Morgan fingerprint density at radius 1 is 1.48 bits per heavy atom. The summed E-state index contributed by atoms with van der Waals surface area (Å²) in [6, 6.07) is 7.76. The fourth-order valence-corrected chi connectivity index (χ4v) is 3.23. The average molecular weight is 316 g/mol. The molecule has 5 heteroatoms. The minimum Gasteiger partial charge on any atom is -0.497 e. The van der Waals surface area contributed by atoms with Crippen LogP contribution in [0.2, 0.25) is 0 Å². The third-order valence-corrected chi connectivity index (χ3v) is 4.63. The number of likely N-dealkylation sites (tertiary alicyclic amines) is 1. The van der Waals surface area contributed by atoms with E-state index in [1.807, 2.05) is 36.1 Å². The van der Waals surface area contributed by atoms with Gasteiger partial charge in [-0.25, -0.2) is 0 Å². The van der Waals surface area contributed by atoms with E-state index in [1.165, 1.54) is 0 Å². The summed E-state index contributed by atoms with van der Waals surface area (Å²) in [6.07, 6.45) is 2.61. The zero-order valence-corrected chi connectivity index (χ0v) is 13.8. The lowest BCUT2D eigenvalue weighted by molar-refractivity contribution is -0.127. The molecule has 1 spiro atoms. The van der Waals surface area contributed by atoms with Gasteiger partial charge in [0.05, 0.1) is 25.9 Å². The number of nitrogens with zero attached hydrogens (tertiary/aromatic N) is 1. The first-order chi connectivity index (χ1) is 11.1. The van der Waals surface area contributed by atoms with Crippen LogP contribution in [0.1, 0.15) is 18.9 Å². The van der Waals surface area contributed by atoms with Gasteiger partial charge in [-0.15, -0.1) is 0 Å². The van der Waals surface area contributed by atoms with E-state index in [1.54, 1.807) is 13.2 Å². The minimum atomic E-state index is -0.189. The van der Waals surface area contributed by atoms with Crippen LogP contribution in [0.3, 0.4) is 0 Å². The highest BCUT2D eigenvalue weighted by Crippen LogP contribution is 2.27. The number of allylic oxidation sites excluding steroid dienone is 1. The van der Waals surface area contributed by atoms with Crippen molar-refractivity contribution in [3.05, 3.63) is 35.9 Å². The van der Waals surface area contributed by atoms with Gasteiger partial charge in [-0.3, -0.25) is 4.79 Å². The first-order valence-corrected chi connectivity index (χ1v) is 8.08. The van der Waals surface area contributed by atoms with E-state index in [2.05, 4.69) is 5.32 Å². The Balaban J connectivity index is 1.68. The maximum absolute atomic E-state index is 12.6. The van der Waals surface area contributed by atoms with Crippen molar-refractivity contribution in [2.24, 2.45) is 0 Å². The van der Waals surface area contributed by atoms with Crippen molar-refractivity contribution < 1.29 is 14.3 Å². The van der Waals surface area contributed by atoms with Gasteiger partial charge in [-0.2, -0.15) is 0 Å². The van der Waals surface area contributed by atoms with Crippen LogP contribution in [0.15, 0.2) is 30.3 Å². The molecular formula is C18H24N2O3. The minimum absolute atomic E-state index is 0.0522. The topological polar surface area (TPSA) is 50.8 Å². The van der Waals surface area contributed by atoms with Gasteiger partial charge < -0.3 is 19.7 Å². The monoisotopic (exact) mass is 316 g/mol. The number of benzene rings is 1. The molecule has 0 saturated carbocycles. The van der Waals surface area contributed by atoms with Gasteiger partial charge >= 0.3 is 0 Å². The number of carbonyl (C=O) groups excluding carboxylic acids is 1. The van der Waals surface area contributed by atoms with Crippen LogP contribution in [0.4, 0.5) is 0 Å². The third kappa shape index (κ3) is 3.57. The van der Waals surface area contributed by atoms with E-state index < -0.39 is 0 Å². The van der Waals surface area contributed by atoms with Crippen LogP contribution in [-0.4, -0.2) is 56.3 Å². The molecule has 1 atom stereocenters. The molecule has 3 rings (SSSR count). The van der Waals surface area contributed by atoms with Gasteiger partial charge in [0.15, 0.2) is 0 Å². The van der Waals surface area contributed by atoms with Crippen molar-refractivity contribution in [2.75, 3.05) is 39.9 Å². The van der Waals surface area contributed by atoms with Gasteiger partial charge in [0.2, 0.25) is 5.91 Å². The fraction of sp³-hybridized carbons (Fsp3) is 0.500. The molecule has 5 nitrogen and oxygen atoms in total. The molecule has 1 N–H and O–H groups in total. The van der Waals surface area contributed by atoms with Crippen molar-refractivity contribution in [3.63, 3.8) is 0 Å². The summed E-state index contributed by atoms with van der Waals surface area (Å²) in [5.41, 5.74) is 1.76. The molecule has 2 aliphatic rings. The van der Waals surface area contributed by atoms with Gasteiger partial charge in [0.1, 0.15) is 5.75 Å². The Morgan fingerprint density at radius 3 is 3.09 bits per heavy atom. The molecule has 23 heavy (non-hydrogen) atoms. The van der Waals surface area contributed by atoms with Crippen LogP contribution in [0.5, 0.6) is 5.75 Å². The predicted octanol–water partition coefficient (Wildman–Crippen LogP) is 1.69. The summed E-state index contributed by atoms with van der Waals surface area (Å²) in [6.45, 7) is 5.82. The Hall–Kier alpha value is -1.85. The van der Waals surface area contributed by atoms with Gasteiger partial charge in [-0.05, 0) is 36.6 Å². The van der Waals surface area contributed by atoms with E-state index in [4.69, 9.17) is 9.47 Å². The van der Waals surface area contributed by atoms with E-state index in [0.29, 0.717) is 6.54 Å². The summed E-state index contributed by atoms with van der Waals surface area (Å²) in [4.78, 5) is 14.4.